The fraction of sp³-hybridized carbons (Fsp3) is 0.625. The average molecular weight is 347 g/mol. The van der Waals surface area contributed by atoms with E-state index in [2.05, 4.69) is 6.58 Å². The van der Waals surface area contributed by atoms with Gasteiger partial charge in [-0.3, -0.25) is 0 Å². The Balaban J connectivity index is 4.81. The molecule has 15 heavy (non-hydrogen) atoms. The Morgan fingerprint density at radius 3 is 2.27 bits per heavy atom. The lowest BCUT2D eigenvalue weighted by molar-refractivity contribution is 0.0408. The summed E-state index contributed by atoms with van der Waals surface area (Å²) in [5, 5.41) is 0. The van der Waals surface area contributed by atoms with Crippen molar-refractivity contribution in [1.29, 1.82) is 0 Å². The van der Waals surface area contributed by atoms with Gasteiger partial charge in [0.25, 0.3) is 7.19 Å². The number of carbonyl (C=O) groups excluding carboxylic acids is 1. The number of rotatable bonds is 3. The van der Waals surface area contributed by atoms with Crippen LogP contribution < -0.4 is 0 Å². The maximum absolute atomic E-state index is 11.5. The molecule has 5 nitrogen and oxygen atoms in total. The second-order valence-electron chi connectivity index (χ2n) is 3.74. The average Bonchev–Trinajstić information content (AvgIpc) is 1.93. The predicted octanol–water partition coefficient (Wildman–Crippen LogP) is 2.09. The van der Waals surface area contributed by atoms with E-state index in [1.807, 2.05) is 0 Å². The highest BCUT2D eigenvalue weighted by Gasteiger charge is 2.28. The number of nitrogens with zero attached hydrogens (tertiary/aromatic N) is 1. The molecule has 0 unspecified atom stereocenters. The van der Waals surface area contributed by atoms with Gasteiger partial charge in [0.2, 0.25) is 0 Å². The van der Waals surface area contributed by atoms with Crippen molar-refractivity contribution in [3.63, 3.8) is 0 Å². The summed E-state index contributed by atoms with van der Waals surface area (Å²) in [4.78, 5) is 11.5. The number of halogens is 1. The van der Waals surface area contributed by atoms with Gasteiger partial charge in [0, 0.05) is 0 Å². The molecular formula is C8H14INO4S. The van der Waals surface area contributed by atoms with Crippen LogP contribution >= 0.6 is 21.2 Å². The predicted molar refractivity (Wildman–Crippen MR) is 66.1 cm³/mol. The summed E-state index contributed by atoms with van der Waals surface area (Å²) < 4.78 is 28.0. The Bertz CT molecular complexity index is 344. The normalized spacial score (nSPS) is 12.0. The summed E-state index contributed by atoms with van der Waals surface area (Å²) in [6.45, 7) is 8.27. The fourth-order valence-electron chi connectivity index (χ4n) is 0.683. The molecule has 0 aliphatic carbocycles. The van der Waals surface area contributed by atoms with Crippen molar-refractivity contribution >= 4 is 34.5 Å². The number of hydrogen-bond acceptors (Lipinski definition) is 4. The second-order valence-corrected chi connectivity index (χ2v) is 8.35. The van der Waals surface area contributed by atoms with Crippen LogP contribution in [0.3, 0.4) is 0 Å². The maximum Gasteiger partial charge on any atom is 0.424 e. The Labute approximate surface area is 102 Å². The quantitative estimate of drug-likeness (QED) is 0.446. The van der Waals surface area contributed by atoms with Crippen molar-refractivity contribution in [2.75, 3.05) is 6.54 Å². The van der Waals surface area contributed by atoms with Gasteiger partial charge in [0.05, 0.1) is 27.8 Å². The third-order valence-corrected chi connectivity index (χ3v) is 3.41. The first-order chi connectivity index (χ1) is 6.58. The minimum atomic E-state index is -3.64. The van der Waals surface area contributed by atoms with Crippen LogP contribution in [0.1, 0.15) is 20.8 Å². The number of hydrogen-bond donors (Lipinski definition) is 0. The van der Waals surface area contributed by atoms with Crippen LogP contribution in [0.25, 0.3) is 0 Å². The van der Waals surface area contributed by atoms with E-state index in [0.29, 0.717) is 4.31 Å². The molecule has 0 atom stereocenters. The second kappa shape index (κ2) is 5.15. The van der Waals surface area contributed by atoms with E-state index in [1.54, 1.807) is 20.8 Å². The van der Waals surface area contributed by atoms with E-state index in [-0.39, 0.29) is 6.54 Å². The van der Waals surface area contributed by atoms with Crippen molar-refractivity contribution < 1.29 is 17.9 Å². The summed E-state index contributed by atoms with van der Waals surface area (Å²) in [7, 11) is -3.64. The Morgan fingerprint density at radius 1 is 1.53 bits per heavy atom. The Hall–Kier alpha value is -0.310. The van der Waals surface area contributed by atoms with Gasteiger partial charge in [0.1, 0.15) is 5.60 Å². The lowest BCUT2D eigenvalue weighted by atomic mass is 10.2. The molecule has 0 aliphatic heterocycles. The molecule has 0 radical (unpaired) electrons. The van der Waals surface area contributed by atoms with Crippen molar-refractivity contribution in [3.05, 3.63) is 12.7 Å². The first-order valence-electron chi connectivity index (χ1n) is 4.14. The molecule has 1 amide bonds. The van der Waals surface area contributed by atoms with E-state index in [1.165, 1.54) is 27.3 Å². The van der Waals surface area contributed by atoms with Gasteiger partial charge in [-0.15, -0.1) is 6.58 Å². The first-order valence-corrected chi connectivity index (χ1v) is 8.12. The molecule has 0 saturated carbocycles. The van der Waals surface area contributed by atoms with E-state index in [9.17, 15) is 13.2 Å². The third-order valence-electron chi connectivity index (χ3n) is 1.16. The number of carbonyl (C=O) groups is 1. The molecule has 0 bridgehead atoms. The zero-order valence-corrected chi connectivity index (χ0v) is 11.8. The maximum atomic E-state index is 11.5. The number of ether oxygens (including phenoxy) is 1. The minimum absolute atomic E-state index is 0.0970. The van der Waals surface area contributed by atoms with Gasteiger partial charge in [0.15, 0.2) is 0 Å². The van der Waals surface area contributed by atoms with Crippen molar-refractivity contribution in [3.8, 4) is 0 Å². The van der Waals surface area contributed by atoms with Crippen molar-refractivity contribution in [2.45, 2.75) is 26.4 Å². The molecule has 0 rings (SSSR count). The highest BCUT2D eigenvalue weighted by atomic mass is 127. The van der Waals surface area contributed by atoms with Gasteiger partial charge >= 0.3 is 6.09 Å². The Morgan fingerprint density at radius 2 is 2.00 bits per heavy atom. The smallest absolute Gasteiger partial charge is 0.424 e. The van der Waals surface area contributed by atoms with E-state index >= 15 is 0 Å². The van der Waals surface area contributed by atoms with Crippen LogP contribution in [0.4, 0.5) is 4.79 Å². The molecular weight excluding hydrogens is 333 g/mol. The van der Waals surface area contributed by atoms with Crippen LogP contribution in [-0.4, -0.2) is 31.0 Å². The highest BCUT2D eigenvalue weighted by Crippen LogP contribution is 2.16. The van der Waals surface area contributed by atoms with Gasteiger partial charge in [-0.25, -0.2) is 4.79 Å². The van der Waals surface area contributed by atoms with Gasteiger partial charge in [-0.1, -0.05) is 6.08 Å². The lowest BCUT2D eigenvalue weighted by Crippen LogP contribution is -2.38. The summed E-state index contributed by atoms with van der Waals surface area (Å²) in [5.74, 6) is 0. The molecule has 0 aromatic heterocycles. The SMILES string of the molecule is C=CCN(C(=O)OC(C)(C)C)S(=O)(=O)I. The molecule has 0 aromatic rings. The molecule has 0 aromatic carbocycles. The highest BCUT2D eigenvalue weighted by molar-refractivity contribution is 14.2. The zero-order chi connectivity index (χ0) is 12.3. The summed E-state index contributed by atoms with van der Waals surface area (Å²) in [6, 6.07) is 0. The largest absolute Gasteiger partial charge is 0.443 e. The molecule has 0 spiro atoms. The molecule has 0 saturated heterocycles. The van der Waals surface area contributed by atoms with E-state index in [4.69, 9.17) is 4.74 Å². The molecule has 0 heterocycles. The van der Waals surface area contributed by atoms with Crippen LogP contribution in [0.2, 0.25) is 0 Å². The molecule has 0 aliphatic rings. The monoisotopic (exact) mass is 347 g/mol. The Kier molecular flexibility index (Phi) is 5.04. The molecule has 0 fully saturated rings. The minimum Gasteiger partial charge on any atom is -0.443 e. The topological polar surface area (TPSA) is 63.7 Å². The standard InChI is InChI=1S/C8H14INO4S/c1-5-6-10(15(9,12)13)7(11)14-8(2,3)4/h5H,1,6H2,2-4H3. The van der Waals surface area contributed by atoms with E-state index < -0.39 is 18.9 Å². The number of amides is 1. The van der Waals surface area contributed by atoms with Gasteiger partial charge in [-0.05, 0) is 20.8 Å². The zero-order valence-electron chi connectivity index (χ0n) is 8.86. The lowest BCUT2D eigenvalue weighted by Gasteiger charge is -2.24. The van der Waals surface area contributed by atoms with E-state index in [0.717, 1.165) is 0 Å². The van der Waals surface area contributed by atoms with Crippen LogP contribution in [0, 0.1) is 0 Å². The molecule has 88 valence electrons. The summed E-state index contributed by atoms with van der Waals surface area (Å²) in [6.07, 6.45) is 0.428. The molecule has 0 N–H and O–H groups in total. The van der Waals surface area contributed by atoms with Crippen LogP contribution in [-0.2, 0) is 11.9 Å². The molecule has 7 heteroatoms. The van der Waals surface area contributed by atoms with Crippen LogP contribution in [0.15, 0.2) is 12.7 Å². The first kappa shape index (κ1) is 14.7. The summed E-state index contributed by atoms with van der Waals surface area (Å²) in [5.41, 5.74) is -0.724. The third kappa shape index (κ3) is 5.98. The fourth-order valence-corrected chi connectivity index (χ4v) is 2.15. The summed E-state index contributed by atoms with van der Waals surface area (Å²) >= 11 is 1.18. The van der Waals surface area contributed by atoms with Gasteiger partial charge < -0.3 is 4.74 Å². The van der Waals surface area contributed by atoms with Gasteiger partial charge in [-0.2, -0.15) is 12.7 Å². The van der Waals surface area contributed by atoms with Crippen molar-refractivity contribution in [2.24, 2.45) is 0 Å². The van der Waals surface area contributed by atoms with Crippen molar-refractivity contribution in [1.82, 2.24) is 4.31 Å². The van der Waals surface area contributed by atoms with Crippen LogP contribution in [0.5, 0.6) is 0 Å².